The van der Waals surface area contributed by atoms with Crippen molar-refractivity contribution >= 4 is 5.97 Å². The van der Waals surface area contributed by atoms with Crippen LogP contribution in [0.5, 0.6) is 0 Å². The normalized spacial score (nSPS) is 17.3. The summed E-state index contributed by atoms with van der Waals surface area (Å²) in [6.07, 6.45) is -3.53. The summed E-state index contributed by atoms with van der Waals surface area (Å²) in [6.45, 7) is 5.62. The van der Waals surface area contributed by atoms with Crippen LogP contribution in [0.3, 0.4) is 0 Å². The molecule has 0 aliphatic carbocycles. The molecule has 1 aliphatic heterocycles. The molecule has 2 rings (SSSR count). The lowest BCUT2D eigenvalue weighted by Crippen LogP contribution is -2.53. The van der Waals surface area contributed by atoms with Crippen molar-refractivity contribution in [1.29, 1.82) is 0 Å². The van der Waals surface area contributed by atoms with Crippen LogP contribution in [-0.2, 0) is 11.2 Å². The third kappa shape index (κ3) is 4.84. The Balaban J connectivity index is 2.10. The van der Waals surface area contributed by atoms with E-state index in [4.69, 9.17) is 0 Å². The average molecular weight is 375 g/mol. The van der Waals surface area contributed by atoms with Gasteiger partial charge in [0, 0.05) is 31.6 Å². The van der Waals surface area contributed by atoms with Gasteiger partial charge in [-0.2, -0.15) is 18.3 Å². The van der Waals surface area contributed by atoms with Crippen LogP contribution in [0.2, 0.25) is 0 Å². The quantitative estimate of drug-likeness (QED) is 0.791. The van der Waals surface area contributed by atoms with Gasteiger partial charge >= 0.3 is 12.1 Å². The van der Waals surface area contributed by atoms with Crippen molar-refractivity contribution in [2.75, 3.05) is 19.6 Å². The second-order valence-corrected chi connectivity index (χ2v) is 7.30. The van der Waals surface area contributed by atoms with Crippen molar-refractivity contribution in [3.63, 3.8) is 0 Å². The van der Waals surface area contributed by atoms with E-state index in [-0.39, 0.29) is 25.4 Å². The zero-order chi connectivity index (χ0) is 19.6. The lowest BCUT2D eigenvalue weighted by Gasteiger charge is -2.40. The van der Waals surface area contributed by atoms with Crippen LogP contribution in [0.4, 0.5) is 13.2 Å². The first kappa shape index (κ1) is 20.4. The summed E-state index contributed by atoms with van der Waals surface area (Å²) < 4.78 is 38.6. The monoisotopic (exact) mass is 375 g/mol. The minimum atomic E-state index is -4.16. The molecule has 0 radical (unpaired) electrons. The average Bonchev–Trinajstić information content (AvgIpc) is 2.45. The molecule has 0 spiro atoms. The standard InChI is InChI=1S/C17H24F3N3O3/c1-10(2)6-14(16(25)26)23-15(24)11(3)7-13(21-23)4-5-22-8-12(9-22)17(18,19)20/h7,10,12,14H,4-6,8-9H2,1-3H3,(H,25,26). The van der Waals surface area contributed by atoms with Crippen molar-refractivity contribution in [2.24, 2.45) is 11.8 Å². The molecular weight excluding hydrogens is 351 g/mol. The van der Waals surface area contributed by atoms with Crippen molar-refractivity contribution < 1.29 is 23.1 Å². The fraction of sp³-hybridized carbons (Fsp3) is 0.706. The number of nitrogens with zero attached hydrogens (tertiary/aromatic N) is 3. The Morgan fingerprint density at radius 2 is 2.00 bits per heavy atom. The van der Waals surface area contributed by atoms with Crippen LogP contribution < -0.4 is 5.56 Å². The SMILES string of the molecule is Cc1cc(CCN2CC(C(F)(F)F)C2)nn(C(CC(C)C)C(=O)O)c1=O. The minimum absolute atomic E-state index is 0.0345. The number of carboxylic acids is 1. The molecule has 1 aromatic rings. The van der Waals surface area contributed by atoms with E-state index in [1.165, 1.54) is 0 Å². The lowest BCUT2D eigenvalue weighted by atomic mass is 9.99. The van der Waals surface area contributed by atoms with Gasteiger partial charge in [-0.05, 0) is 25.3 Å². The highest BCUT2D eigenvalue weighted by atomic mass is 19.4. The van der Waals surface area contributed by atoms with Gasteiger partial charge in [0.15, 0.2) is 6.04 Å². The fourth-order valence-electron chi connectivity index (χ4n) is 3.02. The van der Waals surface area contributed by atoms with Crippen LogP contribution in [0.15, 0.2) is 10.9 Å². The molecule has 26 heavy (non-hydrogen) atoms. The first-order chi connectivity index (χ1) is 12.0. The number of hydrogen-bond donors (Lipinski definition) is 1. The number of alkyl halides is 3. The van der Waals surface area contributed by atoms with Gasteiger partial charge in [0.25, 0.3) is 5.56 Å². The molecule has 0 bridgehead atoms. The fourth-order valence-corrected chi connectivity index (χ4v) is 3.02. The van der Waals surface area contributed by atoms with Crippen LogP contribution >= 0.6 is 0 Å². The van der Waals surface area contributed by atoms with Crippen LogP contribution in [0.25, 0.3) is 0 Å². The predicted octanol–water partition coefficient (Wildman–Crippen LogP) is 2.26. The van der Waals surface area contributed by atoms with Gasteiger partial charge < -0.3 is 10.0 Å². The molecule has 0 amide bonds. The van der Waals surface area contributed by atoms with E-state index >= 15 is 0 Å². The summed E-state index contributed by atoms with van der Waals surface area (Å²) in [4.78, 5) is 25.5. The van der Waals surface area contributed by atoms with E-state index in [0.29, 0.717) is 24.2 Å². The third-order valence-corrected chi connectivity index (χ3v) is 4.54. The van der Waals surface area contributed by atoms with Crippen molar-refractivity contribution in [3.05, 3.63) is 27.7 Å². The molecule has 1 N–H and O–H groups in total. The second-order valence-electron chi connectivity index (χ2n) is 7.30. The summed E-state index contributed by atoms with van der Waals surface area (Å²) in [5.41, 5.74) is 0.428. The number of hydrogen-bond acceptors (Lipinski definition) is 4. The molecule has 1 fully saturated rings. The number of rotatable bonds is 7. The first-order valence-electron chi connectivity index (χ1n) is 8.60. The second kappa shape index (κ2) is 7.77. The van der Waals surface area contributed by atoms with Crippen LogP contribution in [-0.4, -0.2) is 51.6 Å². The highest BCUT2D eigenvalue weighted by Gasteiger charge is 2.46. The smallest absolute Gasteiger partial charge is 0.394 e. The Hall–Kier alpha value is -1.90. The van der Waals surface area contributed by atoms with E-state index in [1.54, 1.807) is 17.9 Å². The topological polar surface area (TPSA) is 75.4 Å². The number of aliphatic carboxylic acids is 1. The number of likely N-dealkylation sites (tertiary alicyclic amines) is 1. The Morgan fingerprint density at radius 3 is 2.50 bits per heavy atom. The summed E-state index contributed by atoms with van der Waals surface area (Å²) in [6, 6.07) is 0.522. The number of aromatic nitrogens is 2. The molecule has 1 aromatic heterocycles. The summed E-state index contributed by atoms with van der Waals surface area (Å²) in [5.74, 6) is -2.34. The number of halogens is 3. The van der Waals surface area contributed by atoms with E-state index in [1.807, 2.05) is 13.8 Å². The number of aryl methyl sites for hydroxylation is 1. The van der Waals surface area contributed by atoms with E-state index in [9.17, 15) is 27.9 Å². The van der Waals surface area contributed by atoms with E-state index in [0.717, 1.165) is 4.68 Å². The molecule has 1 unspecified atom stereocenters. The van der Waals surface area contributed by atoms with Gasteiger partial charge in [-0.3, -0.25) is 4.79 Å². The Kier molecular flexibility index (Phi) is 6.10. The van der Waals surface area contributed by atoms with Gasteiger partial charge in [0.2, 0.25) is 0 Å². The van der Waals surface area contributed by atoms with Gasteiger partial charge in [0.1, 0.15) is 0 Å². The molecule has 0 aromatic carbocycles. The van der Waals surface area contributed by atoms with Gasteiger partial charge in [-0.1, -0.05) is 13.8 Å². The zero-order valence-electron chi connectivity index (χ0n) is 15.1. The highest BCUT2D eigenvalue weighted by Crippen LogP contribution is 2.33. The lowest BCUT2D eigenvalue weighted by molar-refractivity contribution is -0.208. The van der Waals surface area contributed by atoms with Gasteiger partial charge in [-0.15, -0.1) is 0 Å². The Bertz CT molecular complexity index is 709. The summed E-state index contributed by atoms with van der Waals surface area (Å²) >= 11 is 0. The zero-order valence-corrected chi connectivity index (χ0v) is 15.1. The molecule has 2 heterocycles. The minimum Gasteiger partial charge on any atom is -0.480 e. The molecule has 9 heteroatoms. The number of carbonyl (C=O) groups is 1. The molecule has 1 atom stereocenters. The maximum atomic E-state index is 12.5. The predicted molar refractivity (Wildman–Crippen MR) is 89.1 cm³/mol. The maximum absolute atomic E-state index is 12.5. The molecular formula is C17H24F3N3O3. The molecule has 0 saturated carbocycles. The summed E-state index contributed by atoms with van der Waals surface area (Å²) in [7, 11) is 0. The van der Waals surface area contributed by atoms with Crippen LogP contribution in [0, 0.1) is 18.8 Å². The first-order valence-corrected chi connectivity index (χ1v) is 8.60. The summed E-state index contributed by atoms with van der Waals surface area (Å²) in [5, 5.41) is 13.6. The number of carboxylic acid groups (broad SMARTS) is 1. The molecule has 1 saturated heterocycles. The highest BCUT2D eigenvalue weighted by molar-refractivity contribution is 5.71. The molecule has 146 valence electrons. The molecule has 6 nitrogen and oxygen atoms in total. The van der Waals surface area contributed by atoms with Crippen molar-refractivity contribution in [3.8, 4) is 0 Å². The van der Waals surface area contributed by atoms with Crippen molar-refractivity contribution in [2.45, 2.75) is 45.8 Å². The van der Waals surface area contributed by atoms with Gasteiger partial charge in [-0.25, -0.2) is 9.48 Å². The van der Waals surface area contributed by atoms with Crippen molar-refractivity contribution in [1.82, 2.24) is 14.7 Å². The van der Waals surface area contributed by atoms with E-state index < -0.39 is 29.7 Å². The van der Waals surface area contributed by atoms with Gasteiger partial charge in [0.05, 0.1) is 11.6 Å². The van der Waals surface area contributed by atoms with E-state index in [2.05, 4.69) is 5.10 Å². The Labute approximate surface area is 149 Å². The van der Waals surface area contributed by atoms with Crippen LogP contribution in [0.1, 0.15) is 37.6 Å². The molecule has 1 aliphatic rings. The third-order valence-electron chi connectivity index (χ3n) is 4.54. The largest absolute Gasteiger partial charge is 0.480 e. The maximum Gasteiger partial charge on any atom is 0.394 e. The Morgan fingerprint density at radius 1 is 1.38 bits per heavy atom.